The molecule has 1 amide bonds. The normalized spacial score (nSPS) is 10.2. The molecule has 2 rings (SSSR count). The molecule has 1 heterocycles. The molecule has 16 heavy (non-hydrogen) atoms. The van der Waals surface area contributed by atoms with Crippen LogP contribution in [0.5, 0.6) is 0 Å². The molecule has 0 fully saturated rings. The second kappa shape index (κ2) is 4.06. The summed E-state index contributed by atoms with van der Waals surface area (Å²) >= 11 is 0. The first-order valence-electron chi connectivity index (χ1n) is 4.82. The Morgan fingerprint density at radius 1 is 1.38 bits per heavy atom. The van der Waals surface area contributed by atoms with E-state index in [0.717, 1.165) is 11.1 Å². The second-order valence-electron chi connectivity index (χ2n) is 3.48. The van der Waals surface area contributed by atoms with E-state index in [4.69, 9.17) is 11.5 Å². The minimum absolute atomic E-state index is 0.0761. The van der Waals surface area contributed by atoms with Gasteiger partial charge in [0.1, 0.15) is 6.54 Å². The molecule has 1 aromatic heterocycles. The number of amides is 1. The summed E-state index contributed by atoms with van der Waals surface area (Å²) in [6, 6.07) is 7.49. The maximum absolute atomic E-state index is 10.7. The lowest BCUT2D eigenvalue weighted by Gasteiger charge is -2.01. The molecule has 2 aromatic rings. The number of hydrogen-bond donors (Lipinski definition) is 2. The van der Waals surface area contributed by atoms with Crippen molar-refractivity contribution in [2.45, 2.75) is 6.54 Å². The number of nitrogens with two attached hydrogens (primary N) is 2. The Balaban J connectivity index is 2.32. The van der Waals surface area contributed by atoms with Gasteiger partial charge in [-0.1, -0.05) is 18.2 Å². The molecule has 0 spiro atoms. The van der Waals surface area contributed by atoms with Gasteiger partial charge in [-0.2, -0.15) is 5.10 Å². The first-order chi connectivity index (χ1) is 7.66. The average molecular weight is 216 g/mol. The van der Waals surface area contributed by atoms with E-state index in [1.54, 1.807) is 12.4 Å². The van der Waals surface area contributed by atoms with Gasteiger partial charge < -0.3 is 11.5 Å². The van der Waals surface area contributed by atoms with Gasteiger partial charge in [-0.25, -0.2) is 0 Å². The number of aromatic nitrogens is 2. The summed E-state index contributed by atoms with van der Waals surface area (Å²) < 4.78 is 1.49. The third-order valence-electron chi connectivity index (χ3n) is 2.22. The highest BCUT2D eigenvalue weighted by molar-refractivity contribution is 5.76. The summed E-state index contributed by atoms with van der Waals surface area (Å²) in [5.74, 6) is -0.421. The molecule has 0 aliphatic rings. The minimum Gasteiger partial charge on any atom is -0.398 e. The van der Waals surface area contributed by atoms with Crippen molar-refractivity contribution in [2.75, 3.05) is 5.73 Å². The molecule has 82 valence electrons. The maximum atomic E-state index is 10.7. The SMILES string of the molecule is NC(=O)Cn1cc(-c2ccccc2N)cn1. The van der Waals surface area contributed by atoms with Crippen LogP contribution in [0.2, 0.25) is 0 Å². The topological polar surface area (TPSA) is 86.9 Å². The number of carbonyl (C=O) groups excluding carboxylic acids is 1. The van der Waals surface area contributed by atoms with Crippen LogP contribution < -0.4 is 11.5 Å². The number of rotatable bonds is 3. The lowest BCUT2D eigenvalue weighted by Crippen LogP contribution is -2.18. The van der Waals surface area contributed by atoms with Gasteiger partial charge in [-0.3, -0.25) is 9.48 Å². The van der Waals surface area contributed by atoms with E-state index in [9.17, 15) is 4.79 Å². The molecule has 4 N–H and O–H groups in total. The summed E-state index contributed by atoms with van der Waals surface area (Å²) in [5.41, 5.74) is 13.4. The van der Waals surface area contributed by atoms with Crippen LogP contribution in [0.4, 0.5) is 5.69 Å². The fourth-order valence-electron chi connectivity index (χ4n) is 1.51. The van der Waals surface area contributed by atoms with Crippen molar-refractivity contribution < 1.29 is 4.79 Å². The van der Waals surface area contributed by atoms with E-state index < -0.39 is 5.91 Å². The van der Waals surface area contributed by atoms with Gasteiger partial charge in [-0.05, 0) is 6.07 Å². The summed E-state index contributed by atoms with van der Waals surface area (Å²) in [6.07, 6.45) is 3.41. The molecule has 0 atom stereocenters. The maximum Gasteiger partial charge on any atom is 0.239 e. The quantitative estimate of drug-likeness (QED) is 0.737. The van der Waals surface area contributed by atoms with Gasteiger partial charge >= 0.3 is 0 Å². The Labute approximate surface area is 92.7 Å². The molecule has 0 bridgehead atoms. The predicted molar refractivity (Wildman–Crippen MR) is 61.3 cm³/mol. The molecule has 0 radical (unpaired) electrons. The number of nitrogen functional groups attached to an aromatic ring is 1. The van der Waals surface area contributed by atoms with E-state index in [0.29, 0.717) is 5.69 Å². The van der Waals surface area contributed by atoms with Crippen LogP contribution in [0, 0.1) is 0 Å². The first kappa shape index (κ1) is 10.2. The lowest BCUT2D eigenvalue weighted by atomic mass is 10.1. The van der Waals surface area contributed by atoms with Crippen molar-refractivity contribution in [3.05, 3.63) is 36.7 Å². The van der Waals surface area contributed by atoms with Crippen molar-refractivity contribution in [1.82, 2.24) is 9.78 Å². The predicted octanol–water partition coefficient (Wildman–Crippen LogP) is 0.618. The molecule has 1 aromatic carbocycles. The van der Waals surface area contributed by atoms with Crippen LogP contribution in [0.1, 0.15) is 0 Å². The summed E-state index contributed by atoms with van der Waals surface area (Å²) in [6.45, 7) is 0.0761. The average Bonchev–Trinajstić information content (AvgIpc) is 2.66. The van der Waals surface area contributed by atoms with E-state index in [1.807, 2.05) is 24.3 Å². The Kier molecular flexibility index (Phi) is 2.59. The number of nitrogens with zero attached hydrogens (tertiary/aromatic N) is 2. The zero-order valence-electron chi connectivity index (χ0n) is 8.63. The molecule has 0 saturated heterocycles. The minimum atomic E-state index is -0.421. The number of carbonyl (C=O) groups is 1. The Morgan fingerprint density at radius 3 is 2.81 bits per heavy atom. The van der Waals surface area contributed by atoms with Gasteiger partial charge in [0, 0.05) is 23.0 Å². The Bertz CT molecular complexity index is 518. The number of hydrogen-bond acceptors (Lipinski definition) is 3. The third kappa shape index (κ3) is 2.03. The zero-order valence-corrected chi connectivity index (χ0v) is 8.63. The highest BCUT2D eigenvalue weighted by atomic mass is 16.1. The van der Waals surface area contributed by atoms with Crippen LogP contribution in [0.3, 0.4) is 0 Å². The summed E-state index contributed by atoms with van der Waals surface area (Å²) in [5, 5.41) is 4.03. The van der Waals surface area contributed by atoms with Gasteiger partial charge in [0.2, 0.25) is 5.91 Å². The van der Waals surface area contributed by atoms with E-state index in [2.05, 4.69) is 5.10 Å². The van der Waals surface area contributed by atoms with Crippen molar-refractivity contribution in [3.8, 4) is 11.1 Å². The standard InChI is InChI=1S/C11H12N4O/c12-10-4-2-1-3-9(10)8-5-14-15(6-8)7-11(13)16/h1-6H,7,12H2,(H2,13,16). The highest BCUT2D eigenvalue weighted by Crippen LogP contribution is 2.24. The van der Waals surface area contributed by atoms with Gasteiger partial charge in [0.25, 0.3) is 0 Å². The van der Waals surface area contributed by atoms with Crippen LogP contribution in [-0.4, -0.2) is 15.7 Å². The summed E-state index contributed by atoms with van der Waals surface area (Å²) in [4.78, 5) is 10.7. The monoisotopic (exact) mass is 216 g/mol. The molecule has 0 unspecified atom stereocenters. The van der Waals surface area contributed by atoms with Gasteiger partial charge in [0.15, 0.2) is 0 Å². The Morgan fingerprint density at radius 2 is 2.12 bits per heavy atom. The third-order valence-corrected chi connectivity index (χ3v) is 2.22. The number of benzene rings is 1. The second-order valence-corrected chi connectivity index (χ2v) is 3.48. The van der Waals surface area contributed by atoms with E-state index in [1.165, 1.54) is 4.68 Å². The molecule has 0 saturated carbocycles. The van der Waals surface area contributed by atoms with Gasteiger partial charge in [-0.15, -0.1) is 0 Å². The van der Waals surface area contributed by atoms with Crippen molar-refractivity contribution in [3.63, 3.8) is 0 Å². The van der Waals surface area contributed by atoms with Crippen molar-refractivity contribution in [1.29, 1.82) is 0 Å². The number of para-hydroxylation sites is 1. The van der Waals surface area contributed by atoms with Crippen LogP contribution in [0.15, 0.2) is 36.7 Å². The fraction of sp³-hybridized carbons (Fsp3) is 0.0909. The largest absolute Gasteiger partial charge is 0.398 e. The van der Waals surface area contributed by atoms with Crippen molar-refractivity contribution in [2.24, 2.45) is 5.73 Å². The summed E-state index contributed by atoms with van der Waals surface area (Å²) in [7, 11) is 0. The molecule has 5 heteroatoms. The van der Waals surface area contributed by atoms with Crippen LogP contribution in [0.25, 0.3) is 11.1 Å². The highest BCUT2D eigenvalue weighted by Gasteiger charge is 2.05. The zero-order chi connectivity index (χ0) is 11.5. The van der Waals surface area contributed by atoms with Crippen LogP contribution >= 0.6 is 0 Å². The smallest absolute Gasteiger partial charge is 0.239 e. The molecule has 0 aliphatic heterocycles. The van der Waals surface area contributed by atoms with Crippen molar-refractivity contribution >= 4 is 11.6 Å². The Hall–Kier alpha value is -2.30. The molecular formula is C11H12N4O. The number of anilines is 1. The van der Waals surface area contributed by atoms with E-state index >= 15 is 0 Å². The molecule has 0 aliphatic carbocycles. The fourth-order valence-corrected chi connectivity index (χ4v) is 1.51. The van der Waals surface area contributed by atoms with Gasteiger partial charge in [0.05, 0.1) is 6.20 Å². The molecular weight excluding hydrogens is 204 g/mol. The van der Waals surface area contributed by atoms with Crippen LogP contribution in [-0.2, 0) is 11.3 Å². The first-order valence-corrected chi connectivity index (χ1v) is 4.82. The molecule has 5 nitrogen and oxygen atoms in total. The van der Waals surface area contributed by atoms with E-state index in [-0.39, 0.29) is 6.54 Å². The number of primary amides is 1. The lowest BCUT2D eigenvalue weighted by molar-refractivity contribution is -0.118.